The Kier molecular flexibility index (Phi) is 4.79. The Hall–Kier alpha value is -1.56. The van der Waals surface area contributed by atoms with Gasteiger partial charge in [0, 0.05) is 6.54 Å². The Morgan fingerprint density at radius 1 is 1.47 bits per heavy atom. The van der Waals surface area contributed by atoms with Gasteiger partial charge in [-0.15, -0.1) is 0 Å². The SMILES string of the molecule is CCCOc1ncnc(NCC2CCC(O)C2)c1N. The summed E-state index contributed by atoms with van der Waals surface area (Å²) >= 11 is 0. The van der Waals surface area contributed by atoms with Gasteiger partial charge in [0.1, 0.15) is 12.0 Å². The Bertz CT molecular complexity index is 414. The number of aliphatic hydroxyl groups excluding tert-OH is 1. The van der Waals surface area contributed by atoms with Crippen LogP contribution in [0.15, 0.2) is 6.33 Å². The van der Waals surface area contributed by atoms with Crippen LogP contribution in [-0.2, 0) is 0 Å². The molecule has 106 valence electrons. The predicted molar refractivity (Wildman–Crippen MR) is 74.1 cm³/mol. The van der Waals surface area contributed by atoms with Gasteiger partial charge in [0.15, 0.2) is 5.82 Å². The van der Waals surface area contributed by atoms with Gasteiger partial charge in [-0.3, -0.25) is 0 Å². The topological polar surface area (TPSA) is 93.3 Å². The second-order valence-electron chi connectivity index (χ2n) is 5.00. The molecule has 2 unspecified atom stereocenters. The molecule has 6 heteroatoms. The minimum Gasteiger partial charge on any atom is -0.476 e. The lowest BCUT2D eigenvalue weighted by molar-refractivity contribution is 0.178. The number of ether oxygens (including phenoxy) is 1. The molecule has 1 aromatic rings. The summed E-state index contributed by atoms with van der Waals surface area (Å²) in [4.78, 5) is 8.17. The van der Waals surface area contributed by atoms with Crippen molar-refractivity contribution in [2.24, 2.45) is 5.92 Å². The molecule has 1 fully saturated rings. The molecule has 0 bridgehead atoms. The minimum absolute atomic E-state index is 0.155. The standard InChI is InChI=1S/C13H22N4O2/c1-2-5-19-13-11(14)12(16-8-17-13)15-7-9-3-4-10(18)6-9/h8-10,18H,2-7,14H2,1H3,(H,15,16,17). The van der Waals surface area contributed by atoms with Crippen molar-refractivity contribution in [1.82, 2.24) is 9.97 Å². The smallest absolute Gasteiger partial charge is 0.242 e. The van der Waals surface area contributed by atoms with Crippen molar-refractivity contribution < 1.29 is 9.84 Å². The zero-order valence-electron chi connectivity index (χ0n) is 11.3. The third-order valence-corrected chi connectivity index (χ3v) is 3.36. The van der Waals surface area contributed by atoms with Crippen molar-refractivity contribution in [2.75, 3.05) is 24.2 Å². The first-order valence-corrected chi connectivity index (χ1v) is 6.86. The van der Waals surface area contributed by atoms with Gasteiger partial charge in [-0.1, -0.05) is 6.92 Å². The zero-order chi connectivity index (χ0) is 13.7. The molecular formula is C13H22N4O2. The molecular weight excluding hydrogens is 244 g/mol. The molecule has 1 aliphatic carbocycles. The van der Waals surface area contributed by atoms with Crippen molar-refractivity contribution in [3.63, 3.8) is 0 Å². The van der Waals surface area contributed by atoms with Crippen LogP contribution in [0.25, 0.3) is 0 Å². The largest absolute Gasteiger partial charge is 0.476 e. The molecule has 4 N–H and O–H groups in total. The van der Waals surface area contributed by atoms with E-state index in [1.165, 1.54) is 6.33 Å². The monoisotopic (exact) mass is 266 g/mol. The summed E-state index contributed by atoms with van der Waals surface area (Å²) in [5, 5.41) is 12.7. The first kappa shape index (κ1) is 13.9. The first-order valence-electron chi connectivity index (χ1n) is 6.86. The number of aliphatic hydroxyl groups is 1. The molecule has 0 saturated heterocycles. The number of aromatic nitrogens is 2. The Morgan fingerprint density at radius 3 is 3.00 bits per heavy atom. The molecule has 1 saturated carbocycles. The number of nitrogens with two attached hydrogens (primary N) is 1. The van der Waals surface area contributed by atoms with Gasteiger partial charge < -0.3 is 20.9 Å². The average Bonchev–Trinajstić information content (AvgIpc) is 2.82. The van der Waals surface area contributed by atoms with E-state index in [-0.39, 0.29) is 6.10 Å². The van der Waals surface area contributed by atoms with Crippen molar-refractivity contribution in [3.8, 4) is 5.88 Å². The van der Waals surface area contributed by atoms with E-state index in [1.807, 2.05) is 6.92 Å². The van der Waals surface area contributed by atoms with E-state index in [2.05, 4.69) is 15.3 Å². The molecule has 2 rings (SSSR count). The number of nitrogen functional groups attached to an aromatic ring is 1. The molecule has 1 aromatic heterocycles. The summed E-state index contributed by atoms with van der Waals surface area (Å²) in [7, 11) is 0. The quantitative estimate of drug-likeness (QED) is 0.721. The van der Waals surface area contributed by atoms with Crippen LogP contribution in [0, 0.1) is 5.92 Å². The highest BCUT2D eigenvalue weighted by atomic mass is 16.5. The third-order valence-electron chi connectivity index (χ3n) is 3.36. The molecule has 2 atom stereocenters. The van der Waals surface area contributed by atoms with E-state index in [4.69, 9.17) is 10.5 Å². The highest BCUT2D eigenvalue weighted by Gasteiger charge is 2.22. The zero-order valence-corrected chi connectivity index (χ0v) is 11.3. The number of nitrogens with zero attached hydrogens (tertiary/aromatic N) is 2. The number of hydrogen-bond acceptors (Lipinski definition) is 6. The lowest BCUT2D eigenvalue weighted by atomic mass is 10.1. The Morgan fingerprint density at radius 2 is 2.32 bits per heavy atom. The van der Waals surface area contributed by atoms with Crippen LogP contribution >= 0.6 is 0 Å². The van der Waals surface area contributed by atoms with Gasteiger partial charge in [0.2, 0.25) is 5.88 Å². The van der Waals surface area contributed by atoms with Gasteiger partial charge in [0.25, 0.3) is 0 Å². The maximum Gasteiger partial charge on any atom is 0.242 e. The summed E-state index contributed by atoms with van der Waals surface area (Å²) in [6.07, 6.45) is 4.98. The summed E-state index contributed by atoms with van der Waals surface area (Å²) in [6, 6.07) is 0. The summed E-state index contributed by atoms with van der Waals surface area (Å²) in [5.41, 5.74) is 6.43. The minimum atomic E-state index is -0.155. The van der Waals surface area contributed by atoms with Crippen LogP contribution in [0.3, 0.4) is 0 Å². The molecule has 1 aliphatic rings. The number of hydrogen-bond donors (Lipinski definition) is 3. The van der Waals surface area contributed by atoms with Gasteiger partial charge in [-0.25, -0.2) is 4.98 Å². The van der Waals surface area contributed by atoms with Crippen LogP contribution in [0.4, 0.5) is 11.5 Å². The van der Waals surface area contributed by atoms with E-state index in [1.54, 1.807) is 0 Å². The van der Waals surface area contributed by atoms with Crippen LogP contribution in [-0.4, -0.2) is 34.3 Å². The fraction of sp³-hybridized carbons (Fsp3) is 0.692. The maximum atomic E-state index is 9.49. The van der Waals surface area contributed by atoms with E-state index in [0.717, 1.165) is 32.2 Å². The lowest BCUT2D eigenvalue weighted by Crippen LogP contribution is -2.15. The van der Waals surface area contributed by atoms with E-state index < -0.39 is 0 Å². The van der Waals surface area contributed by atoms with Crippen LogP contribution in [0.1, 0.15) is 32.6 Å². The first-order chi connectivity index (χ1) is 9.20. The molecule has 0 amide bonds. The normalized spacial score (nSPS) is 22.4. The molecule has 1 heterocycles. The number of rotatable bonds is 6. The third kappa shape index (κ3) is 3.70. The van der Waals surface area contributed by atoms with Gasteiger partial charge >= 0.3 is 0 Å². The van der Waals surface area contributed by atoms with Gasteiger partial charge in [0.05, 0.1) is 12.7 Å². The summed E-state index contributed by atoms with van der Waals surface area (Å²) < 4.78 is 5.46. The average molecular weight is 266 g/mol. The Balaban J connectivity index is 1.92. The highest BCUT2D eigenvalue weighted by Crippen LogP contribution is 2.28. The second-order valence-corrected chi connectivity index (χ2v) is 5.00. The molecule has 0 spiro atoms. The van der Waals surface area contributed by atoms with Gasteiger partial charge in [-0.05, 0) is 31.6 Å². The fourth-order valence-corrected chi connectivity index (χ4v) is 2.31. The van der Waals surface area contributed by atoms with Crippen LogP contribution in [0.5, 0.6) is 5.88 Å². The highest BCUT2D eigenvalue weighted by molar-refractivity contribution is 5.66. The fourth-order valence-electron chi connectivity index (χ4n) is 2.31. The van der Waals surface area contributed by atoms with Crippen molar-refractivity contribution in [3.05, 3.63) is 6.33 Å². The van der Waals surface area contributed by atoms with Crippen molar-refractivity contribution >= 4 is 11.5 Å². The molecule has 19 heavy (non-hydrogen) atoms. The van der Waals surface area contributed by atoms with Crippen LogP contribution < -0.4 is 15.8 Å². The van der Waals surface area contributed by atoms with Crippen molar-refractivity contribution in [1.29, 1.82) is 0 Å². The molecule has 0 radical (unpaired) electrons. The number of nitrogens with one attached hydrogen (secondary N) is 1. The Labute approximate surface area is 113 Å². The molecule has 0 aliphatic heterocycles. The predicted octanol–water partition coefficient (Wildman–Crippen LogP) is 1.42. The number of anilines is 2. The van der Waals surface area contributed by atoms with Crippen LogP contribution in [0.2, 0.25) is 0 Å². The lowest BCUT2D eigenvalue weighted by Gasteiger charge is -2.14. The van der Waals surface area contributed by atoms with E-state index in [9.17, 15) is 5.11 Å². The second kappa shape index (κ2) is 6.56. The van der Waals surface area contributed by atoms with E-state index >= 15 is 0 Å². The molecule has 0 aromatic carbocycles. The van der Waals surface area contributed by atoms with Crippen molar-refractivity contribution in [2.45, 2.75) is 38.7 Å². The summed E-state index contributed by atoms with van der Waals surface area (Å²) in [5.74, 6) is 1.53. The maximum absolute atomic E-state index is 9.49. The molecule has 6 nitrogen and oxygen atoms in total. The van der Waals surface area contributed by atoms with Gasteiger partial charge in [-0.2, -0.15) is 4.98 Å². The summed E-state index contributed by atoms with van der Waals surface area (Å²) in [6.45, 7) is 3.39. The van der Waals surface area contributed by atoms with E-state index in [0.29, 0.717) is 29.9 Å².